The second kappa shape index (κ2) is 7.57. The van der Waals surface area contributed by atoms with E-state index in [0.29, 0.717) is 33.2 Å². The number of nitrogens with zero attached hydrogens (tertiary/aromatic N) is 3. The van der Waals surface area contributed by atoms with Crippen molar-refractivity contribution < 1.29 is 19.2 Å². The minimum atomic E-state index is -0.714. The van der Waals surface area contributed by atoms with E-state index in [4.69, 9.17) is 5.73 Å². The molecule has 10 heteroatoms. The molecule has 3 heterocycles. The highest BCUT2D eigenvalue weighted by atomic mass is 32.1. The van der Waals surface area contributed by atoms with Gasteiger partial charge in [0.05, 0.1) is 23.4 Å². The number of hydrogen-bond donors (Lipinski definition) is 2. The lowest BCUT2D eigenvalue weighted by Crippen LogP contribution is -2.50. The van der Waals surface area contributed by atoms with E-state index in [9.17, 15) is 19.2 Å². The van der Waals surface area contributed by atoms with E-state index in [1.807, 2.05) is 0 Å². The molecular formula is C22H17N5O4S. The SMILES string of the molecule is NC(=O)Cc1csc(NC(=O)CN2C(=O)c3ccccc3N3C(=O)c4ccccc4[C@@H]23)n1. The molecule has 0 unspecified atom stereocenters. The van der Waals surface area contributed by atoms with E-state index < -0.39 is 18.0 Å². The highest BCUT2D eigenvalue weighted by molar-refractivity contribution is 7.13. The van der Waals surface area contributed by atoms with Crippen molar-refractivity contribution in [2.24, 2.45) is 5.73 Å². The molecule has 0 bridgehead atoms. The monoisotopic (exact) mass is 447 g/mol. The largest absolute Gasteiger partial charge is 0.369 e. The summed E-state index contributed by atoms with van der Waals surface area (Å²) in [5, 5.41) is 4.60. The summed E-state index contributed by atoms with van der Waals surface area (Å²) in [6, 6.07) is 14.0. The van der Waals surface area contributed by atoms with Crippen LogP contribution in [0.25, 0.3) is 0 Å². The average Bonchev–Trinajstić information content (AvgIpc) is 3.32. The van der Waals surface area contributed by atoms with Gasteiger partial charge in [0, 0.05) is 16.5 Å². The molecule has 0 saturated carbocycles. The summed E-state index contributed by atoms with van der Waals surface area (Å²) in [6.07, 6.45) is -0.738. The number of amides is 4. The van der Waals surface area contributed by atoms with Crippen molar-refractivity contribution in [2.45, 2.75) is 12.6 Å². The maximum absolute atomic E-state index is 13.3. The Kier molecular flexibility index (Phi) is 4.71. The van der Waals surface area contributed by atoms with E-state index in [1.165, 1.54) is 4.90 Å². The summed E-state index contributed by atoms with van der Waals surface area (Å²) in [4.78, 5) is 57.5. The van der Waals surface area contributed by atoms with E-state index in [-0.39, 0.29) is 24.8 Å². The van der Waals surface area contributed by atoms with Crippen LogP contribution in [0.2, 0.25) is 0 Å². The van der Waals surface area contributed by atoms with Crippen LogP contribution in [0.5, 0.6) is 0 Å². The van der Waals surface area contributed by atoms with E-state index in [2.05, 4.69) is 10.3 Å². The quantitative estimate of drug-likeness (QED) is 0.618. The lowest BCUT2D eigenvalue weighted by Gasteiger charge is -2.40. The van der Waals surface area contributed by atoms with Crippen molar-refractivity contribution in [3.05, 3.63) is 76.3 Å². The third-order valence-electron chi connectivity index (χ3n) is 5.35. The molecule has 9 nitrogen and oxygen atoms in total. The van der Waals surface area contributed by atoms with Crippen LogP contribution in [0.4, 0.5) is 10.8 Å². The van der Waals surface area contributed by atoms with Gasteiger partial charge in [-0.1, -0.05) is 30.3 Å². The number of hydrogen-bond acceptors (Lipinski definition) is 6. The van der Waals surface area contributed by atoms with Crippen LogP contribution in [0, 0.1) is 0 Å². The first-order chi connectivity index (χ1) is 15.4. The number of nitrogens with one attached hydrogen (secondary N) is 1. The molecule has 0 fully saturated rings. The van der Waals surface area contributed by atoms with Gasteiger partial charge in [-0.3, -0.25) is 24.1 Å². The molecule has 4 amide bonds. The number of para-hydroxylation sites is 1. The third-order valence-corrected chi connectivity index (χ3v) is 6.16. The maximum atomic E-state index is 13.3. The lowest BCUT2D eigenvalue weighted by molar-refractivity contribution is -0.118. The van der Waals surface area contributed by atoms with Crippen molar-refractivity contribution in [3.63, 3.8) is 0 Å². The van der Waals surface area contributed by atoms with Crippen LogP contribution in [0.15, 0.2) is 53.9 Å². The van der Waals surface area contributed by atoms with Gasteiger partial charge in [0.15, 0.2) is 5.13 Å². The fourth-order valence-corrected chi connectivity index (χ4v) is 4.80. The van der Waals surface area contributed by atoms with Crippen molar-refractivity contribution in [1.29, 1.82) is 0 Å². The van der Waals surface area contributed by atoms with Gasteiger partial charge in [-0.15, -0.1) is 11.3 Å². The van der Waals surface area contributed by atoms with Crippen LogP contribution < -0.4 is 16.0 Å². The predicted octanol–water partition coefficient (Wildman–Crippen LogP) is 1.92. The average molecular weight is 447 g/mol. The highest BCUT2D eigenvalue weighted by Gasteiger charge is 2.48. The molecule has 5 rings (SSSR count). The van der Waals surface area contributed by atoms with Crippen LogP contribution in [0.1, 0.15) is 38.1 Å². The molecule has 0 aliphatic carbocycles. The fraction of sp³-hybridized carbons (Fsp3) is 0.136. The molecule has 2 aliphatic heterocycles. The predicted molar refractivity (Wildman–Crippen MR) is 117 cm³/mol. The minimum Gasteiger partial charge on any atom is -0.369 e. The third kappa shape index (κ3) is 3.21. The first kappa shape index (κ1) is 19.9. The highest BCUT2D eigenvalue weighted by Crippen LogP contribution is 2.44. The smallest absolute Gasteiger partial charge is 0.260 e. The zero-order valence-electron chi connectivity index (χ0n) is 16.6. The van der Waals surface area contributed by atoms with Gasteiger partial charge in [0.1, 0.15) is 12.7 Å². The number of carbonyl (C=O) groups excluding carboxylic acids is 4. The van der Waals surface area contributed by atoms with Crippen LogP contribution in [-0.2, 0) is 16.0 Å². The molecule has 160 valence electrons. The number of benzene rings is 2. The molecular weight excluding hydrogens is 430 g/mol. The number of carbonyl (C=O) groups is 4. The van der Waals surface area contributed by atoms with Gasteiger partial charge in [-0.25, -0.2) is 4.98 Å². The topological polar surface area (TPSA) is 126 Å². The number of rotatable bonds is 5. The van der Waals surface area contributed by atoms with Crippen molar-refractivity contribution in [2.75, 3.05) is 16.8 Å². The summed E-state index contributed by atoms with van der Waals surface area (Å²) >= 11 is 1.16. The summed E-state index contributed by atoms with van der Waals surface area (Å²) < 4.78 is 0. The first-order valence-electron chi connectivity index (χ1n) is 9.79. The Labute approximate surface area is 186 Å². The van der Waals surface area contributed by atoms with E-state index in [0.717, 1.165) is 11.3 Å². The summed E-state index contributed by atoms with van der Waals surface area (Å²) in [5.41, 5.74) is 7.69. The van der Waals surface area contributed by atoms with Gasteiger partial charge in [0.25, 0.3) is 11.8 Å². The maximum Gasteiger partial charge on any atom is 0.260 e. The molecule has 1 atom stereocenters. The number of aromatic nitrogens is 1. The van der Waals surface area contributed by atoms with E-state index >= 15 is 0 Å². The normalized spacial score (nSPS) is 16.4. The Hall–Kier alpha value is -4.05. The van der Waals surface area contributed by atoms with E-state index in [1.54, 1.807) is 58.8 Å². The standard InChI is InChI=1S/C22H17N5O4S/c23-17(28)9-12-11-32-22(24-12)25-18(29)10-26-19-13-5-1-2-6-14(13)21(31)27(19)16-8-4-3-7-15(16)20(26)30/h1-8,11,19H,9-10H2,(H2,23,28)(H,24,25,29)/t19-/m0/s1. The van der Waals surface area contributed by atoms with Gasteiger partial charge >= 0.3 is 0 Å². The summed E-state index contributed by atoms with van der Waals surface area (Å²) in [7, 11) is 0. The number of anilines is 2. The Balaban J connectivity index is 1.46. The van der Waals surface area contributed by atoms with Crippen molar-refractivity contribution in [1.82, 2.24) is 9.88 Å². The van der Waals surface area contributed by atoms with Gasteiger partial charge in [-0.2, -0.15) is 0 Å². The fourth-order valence-electron chi connectivity index (χ4n) is 4.07. The molecule has 3 N–H and O–H groups in total. The Morgan fingerprint density at radius 3 is 2.53 bits per heavy atom. The second-order valence-corrected chi connectivity index (χ2v) is 8.28. The summed E-state index contributed by atoms with van der Waals surface area (Å²) in [6.45, 7) is -0.277. The molecule has 0 spiro atoms. The van der Waals surface area contributed by atoms with Gasteiger partial charge in [0.2, 0.25) is 11.8 Å². The van der Waals surface area contributed by atoms with Gasteiger partial charge in [-0.05, 0) is 18.2 Å². The zero-order chi connectivity index (χ0) is 22.4. The molecule has 3 aromatic rings. The summed E-state index contributed by atoms with van der Waals surface area (Å²) in [5.74, 6) is -1.54. The van der Waals surface area contributed by atoms with Crippen LogP contribution in [-0.4, -0.2) is 40.1 Å². The Morgan fingerprint density at radius 1 is 1.03 bits per heavy atom. The number of primary amides is 1. The number of nitrogens with two attached hydrogens (primary N) is 1. The molecule has 2 aromatic carbocycles. The first-order valence-corrected chi connectivity index (χ1v) is 10.7. The number of fused-ring (bicyclic) bond motifs is 5. The molecule has 0 radical (unpaired) electrons. The van der Waals surface area contributed by atoms with Gasteiger partial charge < -0.3 is 16.0 Å². The Morgan fingerprint density at radius 2 is 1.75 bits per heavy atom. The lowest BCUT2D eigenvalue weighted by atomic mass is 10.0. The van der Waals surface area contributed by atoms with Crippen LogP contribution >= 0.6 is 11.3 Å². The van der Waals surface area contributed by atoms with Crippen LogP contribution in [0.3, 0.4) is 0 Å². The number of thiazole rings is 1. The molecule has 32 heavy (non-hydrogen) atoms. The van der Waals surface area contributed by atoms with Crippen molar-refractivity contribution in [3.8, 4) is 0 Å². The van der Waals surface area contributed by atoms with Crippen molar-refractivity contribution >= 4 is 45.8 Å². The second-order valence-electron chi connectivity index (χ2n) is 7.42. The zero-order valence-corrected chi connectivity index (χ0v) is 17.5. The Bertz CT molecular complexity index is 1290. The minimum absolute atomic E-state index is 0.0241. The molecule has 2 aliphatic rings. The molecule has 0 saturated heterocycles. The molecule has 1 aromatic heterocycles.